The van der Waals surface area contributed by atoms with Gasteiger partial charge in [0.05, 0.1) is 12.2 Å². The van der Waals surface area contributed by atoms with Gasteiger partial charge in [0, 0.05) is 44.3 Å². The highest BCUT2D eigenvalue weighted by Gasteiger charge is 2.19. The zero-order valence-corrected chi connectivity index (χ0v) is 14.0. The van der Waals surface area contributed by atoms with Crippen LogP contribution in [0.4, 0.5) is 0 Å². The Morgan fingerprint density at radius 1 is 1.32 bits per heavy atom. The third kappa shape index (κ3) is 5.39. The van der Waals surface area contributed by atoms with Crippen LogP contribution in [0.3, 0.4) is 0 Å². The van der Waals surface area contributed by atoms with E-state index >= 15 is 0 Å². The summed E-state index contributed by atoms with van der Waals surface area (Å²) < 4.78 is 0. The van der Waals surface area contributed by atoms with Gasteiger partial charge >= 0.3 is 0 Å². The van der Waals surface area contributed by atoms with E-state index in [1.165, 1.54) is 0 Å². The normalized spacial score (nSPS) is 18.1. The fourth-order valence-corrected chi connectivity index (χ4v) is 2.76. The van der Waals surface area contributed by atoms with E-state index in [2.05, 4.69) is 34.1 Å². The Morgan fingerprint density at radius 2 is 2.05 bits per heavy atom. The summed E-state index contributed by atoms with van der Waals surface area (Å²) in [6.45, 7) is 9.15. The predicted molar refractivity (Wildman–Crippen MR) is 88.6 cm³/mol. The van der Waals surface area contributed by atoms with Gasteiger partial charge in [0.25, 0.3) is 0 Å². The maximum Gasteiger partial charge on any atom is 0.220 e. The maximum absolute atomic E-state index is 12.0. The summed E-state index contributed by atoms with van der Waals surface area (Å²) in [4.78, 5) is 21.2. The van der Waals surface area contributed by atoms with E-state index < -0.39 is 0 Å². The Bertz CT molecular complexity index is 483. The first kappa shape index (κ1) is 16.9. The first-order valence-electron chi connectivity index (χ1n) is 8.16. The van der Waals surface area contributed by atoms with Crippen LogP contribution in [0.15, 0.2) is 18.2 Å². The SMILES string of the molecule is Cc1cccc(CNC(=O)CC[C@@H](C)N2CCN(C)CC2)n1. The van der Waals surface area contributed by atoms with Gasteiger partial charge < -0.3 is 10.2 Å². The number of carbonyl (C=O) groups is 1. The Labute approximate surface area is 133 Å². The second kappa shape index (κ2) is 8.25. The number of likely N-dealkylation sites (N-methyl/N-ethyl adjacent to an activating group) is 1. The number of hydrogen-bond donors (Lipinski definition) is 1. The second-order valence-electron chi connectivity index (χ2n) is 6.27. The number of carbonyl (C=O) groups excluding carboxylic acids is 1. The van der Waals surface area contributed by atoms with Crippen molar-refractivity contribution >= 4 is 5.91 Å². The molecule has 0 unspecified atom stereocenters. The van der Waals surface area contributed by atoms with E-state index in [4.69, 9.17) is 0 Å². The number of nitrogens with one attached hydrogen (secondary N) is 1. The molecule has 1 aromatic rings. The molecule has 1 saturated heterocycles. The van der Waals surface area contributed by atoms with E-state index in [0.717, 1.165) is 44.0 Å². The van der Waals surface area contributed by atoms with Crippen molar-refractivity contribution in [2.45, 2.75) is 39.3 Å². The molecule has 1 N–H and O–H groups in total. The Morgan fingerprint density at radius 3 is 2.73 bits per heavy atom. The predicted octanol–water partition coefficient (Wildman–Crippen LogP) is 1.42. The lowest BCUT2D eigenvalue weighted by molar-refractivity contribution is -0.121. The highest BCUT2D eigenvalue weighted by atomic mass is 16.1. The van der Waals surface area contributed by atoms with Crippen LogP contribution in [0, 0.1) is 6.92 Å². The van der Waals surface area contributed by atoms with Crippen molar-refractivity contribution < 1.29 is 4.79 Å². The van der Waals surface area contributed by atoms with Gasteiger partial charge in [-0.25, -0.2) is 0 Å². The molecule has 0 radical (unpaired) electrons. The van der Waals surface area contributed by atoms with Crippen molar-refractivity contribution in [3.8, 4) is 0 Å². The molecule has 1 amide bonds. The zero-order chi connectivity index (χ0) is 15.9. The number of aryl methyl sites for hydroxylation is 1. The van der Waals surface area contributed by atoms with Gasteiger partial charge in [-0.15, -0.1) is 0 Å². The lowest BCUT2D eigenvalue weighted by atomic mass is 10.1. The fourth-order valence-electron chi connectivity index (χ4n) is 2.76. The summed E-state index contributed by atoms with van der Waals surface area (Å²) in [5.41, 5.74) is 1.90. The molecule has 0 spiro atoms. The molecule has 5 nitrogen and oxygen atoms in total. The molecule has 1 aromatic heterocycles. The average molecular weight is 304 g/mol. The van der Waals surface area contributed by atoms with Crippen LogP contribution in [0.1, 0.15) is 31.2 Å². The minimum absolute atomic E-state index is 0.115. The standard InChI is InChI=1S/C17H28N4O/c1-14-5-4-6-16(19-14)13-18-17(22)8-7-15(2)21-11-9-20(3)10-12-21/h4-6,15H,7-13H2,1-3H3,(H,18,22)/t15-/m1/s1. The molecule has 2 rings (SSSR count). The first-order valence-corrected chi connectivity index (χ1v) is 8.16. The van der Waals surface area contributed by atoms with E-state index in [9.17, 15) is 4.79 Å². The topological polar surface area (TPSA) is 48.5 Å². The molecule has 122 valence electrons. The Balaban J connectivity index is 1.67. The largest absolute Gasteiger partial charge is 0.350 e. The van der Waals surface area contributed by atoms with Crippen LogP contribution in [-0.4, -0.2) is 60.0 Å². The Kier molecular flexibility index (Phi) is 6.34. The van der Waals surface area contributed by atoms with Gasteiger partial charge in [-0.05, 0) is 39.4 Å². The monoisotopic (exact) mass is 304 g/mol. The van der Waals surface area contributed by atoms with Crippen LogP contribution >= 0.6 is 0 Å². The van der Waals surface area contributed by atoms with Gasteiger partial charge in [-0.2, -0.15) is 0 Å². The lowest BCUT2D eigenvalue weighted by Crippen LogP contribution is -2.48. The number of nitrogens with zero attached hydrogens (tertiary/aromatic N) is 3. The van der Waals surface area contributed by atoms with E-state index in [0.29, 0.717) is 19.0 Å². The molecule has 5 heteroatoms. The van der Waals surface area contributed by atoms with Gasteiger partial charge in [-0.3, -0.25) is 14.7 Å². The van der Waals surface area contributed by atoms with Crippen molar-refractivity contribution in [3.63, 3.8) is 0 Å². The molecule has 22 heavy (non-hydrogen) atoms. The van der Waals surface area contributed by atoms with Crippen molar-refractivity contribution in [2.75, 3.05) is 33.2 Å². The van der Waals surface area contributed by atoms with Crippen LogP contribution in [0.5, 0.6) is 0 Å². The van der Waals surface area contributed by atoms with Gasteiger partial charge in [0.15, 0.2) is 0 Å². The van der Waals surface area contributed by atoms with E-state index in [1.54, 1.807) is 0 Å². The van der Waals surface area contributed by atoms with Crippen LogP contribution in [-0.2, 0) is 11.3 Å². The molecule has 0 saturated carbocycles. The number of pyridine rings is 1. The second-order valence-corrected chi connectivity index (χ2v) is 6.27. The maximum atomic E-state index is 12.0. The molecular weight excluding hydrogens is 276 g/mol. The highest BCUT2D eigenvalue weighted by Crippen LogP contribution is 2.10. The average Bonchev–Trinajstić information content (AvgIpc) is 2.51. The van der Waals surface area contributed by atoms with Crippen LogP contribution in [0.25, 0.3) is 0 Å². The van der Waals surface area contributed by atoms with Crippen LogP contribution < -0.4 is 5.32 Å². The van der Waals surface area contributed by atoms with E-state index in [1.807, 2.05) is 25.1 Å². The number of amides is 1. The summed E-state index contributed by atoms with van der Waals surface area (Å²) in [6.07, 6.45) is 1.50. The van der Waals surface area contributed by atoms with Crippen molar-refractivity contribution in [1.29, 1.82) is 0 Å². The van der Waals surface area contributed by atoms with Gasteiger partial charge in [0.2, 0.25) is 5.91 Å². The molecule has 0 bridgehead atoms. The van der Waals surface area contributed by atoms with Crippen molar-refractivity contribution in [2.24, 2.45) is 0 Å². The summed E-state index contributed by atoms with van der Waals surface area (Å²) in [5, 5.41) is 2.96. The summed E-state index contributed by atoms with van der Waals surface area (Å²) in [6, 6.07) is 6.35. The van der Waals surface area contributed by atoms with Crippen molar-refractivity contribution in [1.82, 2.24) is 20.1 Å². The smallest absolute Gasteiger partial charge is 0.220 e. The summed E-state index contributed by atoms with van der Waals surface area (Å²) >= 11 is 0. The molecule has 1 aliphatic rings. The fraction of sp³-hybridized carbons (Fsp3) is 0.647. The molecule has 0 aliphatic carbocycles. The Hall–Kier alpha value is -1.46. The molecular formula is C17H28N4O. The molecule has 2 heterocycles. The quantitative estimate of drug-likeness (QED) is 0.863. The number of piperazine rings is 1. The summed E-state index contributed by atoms with van der Waals surface area (Å²) in [7, 11) is 2.16. The number of hydrogen-bond acceptors (Lipinski definition) is 4. The first-order chi connectivity index (χ1) is 10.5. The minimum atomic E-state index is 0.115. The minimum Gasteiger partial charge on any atom is -0.350 e. The zero-order valence-electron chi connectivity index (χ0n) is 14.0. The molecule has 1 fully saturated rings. The molecule has 1 atom stereocenters. The van der Waals surface area contributed by atoms with Gasteiger partial charge in [0.1, 0.15) is 0 Å². The summed E-state index contributed by atoms with van der Waals surface area (Å²) in [5.74, 6) is 0.115. The van der Waals surface area contributed by atoms with Crippen LogP contribution in [0.2, 0.25) is 0 Å². The third-order valence-corrected chi connectivity index (χ3v) is 4.36. The highest BCUT2D eigenvalue weighted by molar-refractivity contribution is 5.75. The molecule has 1 aliphatic heterocycles. The number of aromatic nitrogens is 1. The van der Waals surface area contributed by atoms with Gasteiger partial charge in [-0.1, -0.05) is 6.07 Å². The molecule has 0 aromatic carbocycles. The lowest BCUT2D eigenvalue weighted by Gasteiger charge is -2.36. The van der Waals surface area contributed by atoms with Crippen molar-refractivity contribution in [3.05, 3.63) is 29.6 Å². The van der Waals surface area contributed by atoms with E-state index in [-0.39, 0.29) is 5.91 Å². The third-order valence-electron chi connectivity index (χ3n) is 4.36. The number of rotatable bonds is 6.